The first-order valence-electron chi connectivity index (χ1n) is 8.73. The molecule has 25 heavy (non-hydrogen) atoms. The molecule has 3 rings (SSSR count). The van der Waals surface area contributed by atoms with Crippen molar-refractivity contribution in [3.63, 3.8) is 0 Å². The maximum absolute atomic E-state index is 12.1. The Hall–Kier alpha value is -2.08. The Morgan fingerprint density at radius 3 is 2.72 bits per heavy atom. The second-order valence-electron chi connectivity index (χ2n) is 6.18. The average Bonchev–Trinajstić information content (AvgIpc) is 2.67. The van der Waals surface area contributed by atoms with E-state index in [-0.39, 0.29) is 11.9 Å². The summed E-state index contributed by atoms with van der Waals surface area (Å²) in [4.78, 5) is 22.8. The predicted octanol–water partition coefficient (Wildman–Crippen LogP) is 2.89. The molecule has 6 heteroatoms. The summed E-state index contributed by atoms with van der Waals surface area (Å²) in [6.07, 6.45) is 7.70. The summed E-state index contributed by atoms with van der Waals surface area (Å²) < 4.78 is 0. The molecule has 0 spiro atoms. The monoisotopic (exact) mass is 356 g/mol. The van der Waals surface area contributed by atoms with Gasteiger partial charge in [-0.2, -0.15) is 11.8 Å². The van der Waals surface area contributed by atoms with E-state index in [1.54, 1.807) is 18.6 Å². The van der Waals surface area contributed by atoms with Gasteiger partial charge in [-0.1, -0.05) is 30.3 Å². The van der Waals surface area contributed by atoms with Gasteiger partial charge >= 0.3 is 0 Å². The average molecular weight is 356 g/mol. The Morgan fingerprint density at radius 1 is 1.20 bits per heavy atom. The number of amides is 1. The highest BCUT2D eigenvalue weighted by Gasteiger charge is 2.21. The van der Waals surface area contributed by atoms with Crippen LogP contribution in [0.2, 0.25) is 0 Å². The fourth-order valence-electron chi connectivity index (χ4n) is 2.94. The largest absolute Gasteiger partial charge is 0.355 e. The van der Waals surface area contributed by atoms with Gasteiger partial charge in [0, 0.05) is 49.5 Å². The summed E-state index contributed by atoms with van der Waals surface area (Å²) >= 11 is 1.81. The number of anilines is 1. The van der Waals surface area contributed by atoms with E-state index in [9.17, 15) is 4.79 Å². The van der Waals surface area contributed by atoms with E-state index >= 15 is 0 Å². The number of thioether (sulfide) groups is 1. The van der Waals surface area contributed by atoms with E-state index in [1.807, 2.05) is 17.8 Å². The van der Waals surface area contributed by atoms with Crippen molar-refractivity contribution in [2.75, 3.05) is 23.7 Å². The van der Waals surface area contributed by atoms with Gasteiger partial charge in [0.2, 0.25) is 5.91 Å². The number of aromatic nitrogens is 2. The number of hydrogen-bond donors (Lipinski definition) is 1. The molecule has 1 aromatic carbocycles. The van der Waals surface area contributed by atoms with Crippen LogP contribution < -0.4 is 10.2 Å². The zero-order valence-electron chi connectivity index (χ0n) is 14.3. The van der Waals surface area contributed by atoms with Gasteiger partial charge in [0.05, 0.1) is 6.20 Å². The Labute approximate surface area is 153 Å². The smallest absolute Gasteiger partial charge is 0.221 e. The van der Waals surface area contributed by atoms with E-state index in [0.717, 1.165) is 43.3 Å². The Kier molecular flexibility index (Phi) is 6.68. The van der Waals surface area contributed by atoms with Crippen molar-refractivity contribution < 1.29 is 4.79 Å². The van der Waals surface area contributed by atoms with Crippen LogP contribution >= 0.6 is 11.8 Å². The highest BCUT2D eigenvalue weighted by atomic mass is 32.2. The molecule has 0 saturated carbocycles. The molecule has 1 fully saturated rings. The van der Waals surface area contributed by atoms with Crippen LogP contribution in [0, 0.1) is 0 Å². The first-order chi connectivity index (χ1) is 12.3. The third-order valence-corrected chi connectivity index (χ3v) is 5.35. The molecule has 2 heterocycles. The second-order valence-corrected chi connectivity index (χ2v) is 7.29. The SMILES string of the molecule is O=C(CCSCc1ccccc1)NC1CCN(c2cnccn2)CC1. The molecule has 1 aromatic heterocycles. The molecule has 1 aliphatic rings. The third-order valence-electron chi connectivity index (χ3n) is 4.32. The maximum atomic E-state index is 12.1. The van der Waals surface area contributed by atoms with E-state index in [4.69, 9.17) is 0 Å². The minimum absolute atomic E-state index is 0.165. The lowest BCUT2D eigenvalue weighted by molar-refractivity contribution is -0.121. The molecule has 0 radical (unpaired) electrons. The van der Waals surface area contributed by atoms with Crippen LogP contribution in [-0.4, -0.2) is 40.8 Å². The summed E-state index contributed by atoms with van der Waals surface area (Å²) in [5.41, 5.74) is 1.31. The number of hydrogen-bond acceptors (Lipinski definition) is 5. The third kappa shape index (κ3) is 5.74. The normalized spacial score (nSPS) is 15.1. The summed E-state index contributed by atoms with van der Waals surface area (Å²) in [5.74, 6) is 2.91. The first-order valence-corrected chi connectivity index (χ1v) is 9.89. The number of piperidine rings is 1. The zero-order chi connectivity index (χ0) is 17.3. The number of nitrogens with one attached hydrogen (secondary N) is 1. The molecule has 0 aliphatic carbocycles. The van der Waals surface area contributed by atoms with Gasteiger partial charge in [0.1, 0.15) is 5.82 Å². The summed E-state index contributed by atoms with van der Waals surface area (Å²) in [7, 11) is 0. The van der Waals surface area contributed by atoms with Crippen molar-refractivity contribution in [3.05, 3.63) is 54.5 Å². The zero-order valence-corrected chi connectivity index (χ0v) is 15.1. The van der Waals surface area contributed by atoms with Gasteiger partial charge in [0.25, 0.3) is 0 Å². The summed E-state index contributed by atoms with van der Waals surface area (Å²) in [5, 5.41) is 3.17. The lowest BCUT2D eigenvalue weighted by atomic mass is 10.0. The number of carbonyl (C=O) groups excluding carboxylic acids is 1. The van der Waals surface area contributed by atoms with Crippen LogP contribution in [0.1, 0.15) is 24.8 Å². The molecule has 0 atom stereocenters. The lowest BCUT2D eigenvalue weighted by Crippen LogP contribution is -2.45. The molecule has 1 saturated heterocycles. The van der Waals surface area contributed by atoms with Gasteiger partial charge < -0.3 is 10.2 Å². The van der Waals surface area contributed by atoms with Crippen molar-refractivity contribution in [2.24, 2.45) is 0 Å². The topological polar surface area (TPSA) is 58.1 Å². The molecule has 1 aliphatic heterocycles. The first kappa shape index (κ1) is 17.7. The molecule has 1 amide bonds. The molecule has 0 bridgehead atoms. The number of rotatable bonds is 7. The highest BCUT2D eigenvalue weighted by molar-refractivity contribution is 7.98. The summed E-state index contributed by atoms with van der Waals surface area (Å²) in [6.45, 7) is 1.82. The van der Waals surface area contributed by atoms with E-state index in [2.05, 4.69) is 44.5 Å². The van der Waals surface area contributed by atoms with Crippen LogP contribution in [0.25, 0.3) is 0 Å². The van der Waals surface area contributed by atoms with Crippen molar-refractivity contribution in [3.8, 4) is 0 Å². The standard InChI is InChI=1S/C19H24N4OS/c24-19(8-13-25-15-16-4-2-1-3-5-16)22-17-6-11-23(12-7-17)18-14-20-9-10-21-18/h1-5,9-10,14,17H,6-8,11-13,15H2,(H,22,24). The van der Waals surface area contributed by atoms with E-state index in [0.29, 0.717) is 6.42 Å². The minimum Gasteiger partial charge on any atom is -0.355 e. The molecule has 132 valence electrons. The van der Waals surface area contributed by atoms with Gasteiger partial charge in [-0.3, -0.25) is 9.78 Å². The van der Waals surface area contributed by atoms with Crippen LogP contribution in [0.15, 0.2) is 48.9 Å². The Morgan fingerprint density at radius 2 is 2.00 bits per heavy atom. The number of carbonyl (C=O) groups is 1. The van der Waals surface area contributed by atoms with Crippen molar-refractivity contribution in [1.82, 2.24) is 15.3 Å². The van der Waals surface area contributed by atoms with Crippen molar-refractivity contribution >= 4 is 23.5 Å². The van der Waals surface area contributed by atoms with Crippen molar-refractivity contribution in [2.45, 2.75) is 31.1 Å². The summed E-state index contributed by atoms with van der Waals surface area (Å²) in [6, 6.07) is 10.7. The lowest BCUT2D eigenvalue weighted by Gasteiger charge is -2.32. The van der Waals surface area contributed by atoms with E-state index < -0.39 is 0 Å². The van der Waals surface area contributed by atoms with E-state index in [1.165, 1.54) is 5.56 Å². The second kappa shape index (κ2) is 9.42. The van der Waals surface area contributed by atoms with Gasteiger partial charge in [-0.15, -0.1) is 0 Å². The molecular formula is C19H24N4OS. The van der Waals surface area contributed by atoms with Gasteiger partial charge in [0.15, 0.2) is 0 Å². The highest BCUT2D eigenvalue weighted by Crippen LogP contribution is 2.17. The van der Waals surface area contributed by atoms with Crippen LogP contribution in [0.3, 0.4) is 0 Å². The quantitative estimate of drug-likeness (QED) is 0.773. The predicted molar refractivity (Wildman–Crippen MR) is 103 cm³/mol. The fraction of sp³-hybridized carbons (Fsp3) is 0.421. The number of nitrogens with zero attached hydrogens (tertiary/aromatic N) is 3. The minimum atomic E-state index is 0.165. The number of benzene rings is 1. The van der Waals surface area contributed by atoms with Crippen molar-refractivity contribution in [1.29, 1.82) is 0 Å². The maximum Gasteiger partial charge on any atom is 0.221 e. The Bertz CT molecular complexity index is 645. The van der Waals surface area contributed by atoms with Gasteiger partial charge in [-0.05, 0) is 18.4 Å². The van der Waals surface area contributed by atoms with Crippen LogP contribution in [0.5, 0.6) is 0 Å². The Balaban J connectivity index is 1.31. The molecule has 1 N–H and O–H groups in total. The molecule has 2 aromatic rings. The van der Waals surface area contributed by atoms with Gasteiger partial charge in [-0.25, -0.2) is 4.98 Å². The van der Waals surface area contributed by atoms with Crippen LogP contribution in [0.4, 0.5) is 5.82 Å². The van der Waals surface area contributed by atoms with Crippen LogP contribution in [-0.2, 0) is 10.5 Å². The fourth-order valence-corrected chi connectivity index (χ4v) is 3.84. The molecular weight excluding hydrogens is 332 g/mol. The molecule has 0 unspecified atom stereocenters. The molecule has 5 nitrogen and oxygen atoms in total.